The van der Waals surface area contributed by atoms with Crippen molar-refractivity contribution < 1.29 is 18.3 Å². The molecule has 2 aromatic carbocycles. The minimum absolute atomic E-state index is 0.0428. The third-order valence-corrected chi connectivity index (χ3v) is 3.21. The predicted molar refractivity (Wildman–Crippen MR) is 73.8 cm³/mol. The molecular weight excluding hydrogens is 279 g/mol. The molecule has 0 aliphatic carbocycles. The lowest BCUT2D eigenvalue weighted by atomic mass is 10.1. The summed E-state index contributed by atoms with van der Waals surface area (Å²) in [6.07, 6.45) is -4.35. The molecule has 0 saturated heterocycles. The second-order valence-electron chi connectivity index (χ2n) is 4.62. The summed E-state index contributed by atoms with van der Waals surface area (Å²) in [5.74, 6) is 0.0428. The van der Waals surface area contributed by atoms with Crippen LogP contribution in [0.5, 0.6) is 5.75 Å². The zero-order chi connectivity index (χ0) is 15.0. The molecule has 3 rings (SSSR count). The normalized spacial score (nSPS) is 11.8. The topological polar surface area (TPSA) is 33.1 Å². The highest BCUT2D eigenvalue weighted by Gasteiger charge is 2.29. The van der Waals surface area contributed by atoms with Crippen molar-refractivity contribution >= 4 is 10.9 Å². The third-order valence-electron chi connectivity index (χ3n) is 3.21. The molecule has 0 aliphatic heterocycles. The van der Waals surface area contributed by atoms with Gasteiger partial charge in [-0.15, -0.1) is 0 Å². The van der Waals surface area contributed by atoms with E-state index in [-0.39, 0.29) is 5.75 Å². The average molecular weight is 289 g/mol. The summed E-state index contributed by atoms with van der Waals surface area (Å²) in [4.78, 5) is 4.31. The zero-order valence-corrected chi connectivity index (χ0v) is 10.7. The van der Waals surface area contributed by atoms with Gasteiger partial charge in [0, 0.05) is 10.9 Å². The molecule has 106 valence electrons. The molecule has 1 aromatic heterocycles. The number of aromatic nitrogens is 1. The first kappa shape index (κ1) is 13.4. The number of phenols is 1. The van der Waals surface area contributed by atoms with E-state index in [1.54, 1.807) is 24.3 Å². The predicted octanol–water partition coefficient (Wildman–Crippen LogP) is 4.63. The molecule has 0 saturated carbocycles. The first-order valence-corrected chi connectivity index (χ1v) is 6.21. The Morgan fingerprint density at radius 1 is 0.857 bits per heavy atom. The number of hydrogen-bond acceptors (Lipinski definition) is 2. The number of aromatic hydroxyl groups is 1. The number of hydrogen-bond donors (Lipinski definition) is 1. The lowest BCUT2D eigenvalue weighted by molar-refractivity contribution is -0.137. The van der Waals surface area contributed by atoms with Crippen molar-refractivity contribution in [2.45, 2.75) is 6.18 Å². The first-order valence-electron chi connectivity index (χ1n) is 6.21. The molecule has 0 aliphatic rings. The number of nitrogens with zero attached hydrogens (tertiary/aromatic N) is 1. The standard InChI is InChI=1S/C16H10F3NO/c17-16(18,19)12-7-4-10(5-8-12)13-9-6-11-2-1-3-14(21)15(11)20-13/h1-9,21H. The van der Waals surface area contributed by atoms with Gasteiger partial charge in [-0.3, -0.25) is 0 Å². The highest BCUT2D eigenvalue weighted by molar-refractivity contribution is 5.86. The molecule has 0 atom stereocenters. The third kappa shape index (κ3) is 2.54. The maximum atomic E-state index is 12.5. The van der Waals surface area contributed by atoms with E-state index >= 15 is 0 Å². The van der Waals surface area contributed by atoms with Gasteiger partial charge in [0.25, 0.3) is 0 Å². The van der Waals surface area contributed by atoms with Gasteiger partial charge in [0.2, 0.25) is 0 Å². The van der Waals surface area contributed by atoms with Crippen molar-refractivity contribution in [1.82, 2.24) is 4.98 Å². The van der Waals surface area contributed by atoms with Gasteiger partial charge >= 0.3 is 6.18 Å². The highest BCUT2D eigenvalue weighted by atomic mass is 19.4. The number of rotatable bonds is 1. The van der Waals surface area contributed by atoms with E-state index in [0.717, 1.165) is 17.5 Å². The fourth-order valence-corrected chi connectivity index (χ4v) is 2.12. The van der Waals surface area contributed by atoms with Crippen LogP contribution in [0.25, 0.3) is 22.2 Å². The minimum atomic E-state index is -4.35. The summed E-state index contributed by atoms with van der Waals surface area (Å²) >= 11 is 0. The molecule has 2 nitrogen and oxygen atoms in total. The van der Waals surface area contributed by atoms with Crippen LogP contribution in [0.15, 0.2) is 54.6 Å². The average Bonchev–Trinajstić information content (AvgIpc) is 2.47. The number of halogens is 3. The van der Waals surface area contributed by atoms with Crippen LogP contribution in [0.1, 0.15) is 5.56 Å². The van der Waals surface area contributed by atoms with Gasteiger partial charge < -0.3 is 5.11 Å². The van der Waals surface area contributed by atoms with Gasteiger partial charge in [0.05, 0.1) is 11.3 Å². The molecule has 21 heavy (non-hydrogen) atoms. The van der Waals surface area contributed by atoms with E-state index in [4.69, 9.17) is 0 Å². The van der Waals surface area contributed by atoms with Crippen molar-refractivity contribution in [2.24, 2.45) is 0 Å². The Morgan fingerprint density at radius 2 is 1.57 bits per heavy atom. The maximum Gasteiger partial charge on any atom is 0.416 e. The van der Waals surface area contributed by atoms with Crippen LogP contribution < -0.4 is 0 Å². The van der Waals surface area contributed by atoms with Gasteiger partial charge in [-0.05, 0) is 24.3 Å². The number of alkyl halides is 3. The van der Waals surface area contributed by atoms with Gasteiger partial charge in [-0.1, -0.05) is 30.3 Å². The van der Waals surface area contributed by atoms with Crippen LogP contribution >= 0.6 is 0 Å². The fraction of sp³-hybridized carbons (Fsp3) is 0.0625. The molecule has 5 heteroatoms. The van der Waals surface area contributed by atoms with E-state index in [1.165, 1.54) is 18.2 Å². The smallest absolute Gasteiger partial charge is 0.416 e. The second-order valence-corrected chi connectivity index (χ2v) is 4.62. The summed E-state index contributed by atoms with van der Waals surface area (Å²) < 4.78 is 37.6. The van der Waals surface area contributed by atoms with Gasteiger partial charge in [0.1, 0.15) is 11.3 Å². The van der Waals surface area contributed by atoms with Crippen LogP contribution in [0.4, 0.5) is 13.2 Å². The number of pyridine rings is 1. The van der Waals surface area contributed by atoms with Gasteiger partial charge in [0.15, 0.2) is 0 Å². The van der Waals surface area contributed by atoms with Crippen LogP contribution in [0.3, 0.4) is 0 Å². The van der Waals surface area contributed by atoms with Crippen LogP contribution in [-0.2, 0) is 6.18 Å². The largest absolute Gasteiger partial charge is 0.506 e. The molecule has 0 fully saturated rings. The molecule has 0 unspecified atom stereocenters. The van der Waals surface area contributed by atoms with Gasteiger partial charge in [-0.25, -0.2) is 4.98 Å². The van der Waals surface area contributed by atoms with E-state index < -0.39 is 11.7 Å². The zero-order valence-electron chi connectivity index (χ0n) is 10.7. The highest BCUT2D eigenvalue weighted by Crippen LogP contribution is 2.31. The Kier molecular flexibility index (Phi) is 3.05. The van der Waals surface area contributed by atoms with Crippen molar-refractivity contribution in [2.75, 3.05) is 0 Å². The summed E-state index contributed by atoms with van der Waals surface area (Å²) in [7, 11) is 0. The van der Waals surface area contributed by atoms with E-state index in [1.807, 2.05) is 0 Å². The minimum Gasteiger partial charge on any atom is -0.506 e. The molecule has 0 bridgehead atoms. The van der Waals surface area contributed by atoms with Crippen molar-refractivity contribution in [3.63, 3.8) is 0 Å². The Bertz CT molecular complexity index is 795. The van der Waals surface area contributed by atoms with Crippen molar-refractivity contribution in [3.8, 4) is 17.0 Å². The quantitative estimate of drug-likeness (QED) is 0.708. The van der Waals surface area contributed by atoms with Crippen LogP contribution in [0.2, 0.25) is 0 Å². The van der Waals surface area contributed by atoms with Crippen LogP contribution in [-0.4, -0.2) is 10.1 Å². The SMILES string of the molecule is Oc1cccc2ccc(-c3ccc(C(F)(F)F)cc3)nc12. The van der Waals surface area contributed by atoms with Gasteiger partial charge in [-0.2, -0.15) is 13.2 Å². The monoisotopic (exact) mass is 289 g/mol. The van der Waals surface area contributed by atoms with Crippen LogP contribution in [0, 0.1) is 0 Å². The molecule has 0 spiro atoms. The summed E-state index contributed by atoms with van der Waals surface area (Å²) in [6.45, 7) is 0. The van der Waals surface area contributed by atoms with E-state index in [2.05, 4.69) is 4.98 Å². The number of benzene rings is 2. The molecule has 1 N–H and O–H groups in total. The van der Waals surface area contributed by atoms with Crippen molar-refractivity contribution in [3.05, 3.63) is 60.2 Å². The van der Waals surface area contributed by atoms with Crippen molar-refractivity contribution in [1.29, 1.82) is 0 Å². The number of para-hydroxylation sites is 1. The Morgan fingerprint density at radius 3 is 2.24 bits per heavy atom. The van der Waals surface area contributed by atoms with E-state index in [0.29, 0.717) is 16.8 Å². The lowest BCUT2D eigenvalue weighted by Crippen LogP contribution is -2.04. The Hall–Kier alpha value is -2.56. The lowest BCUT2D eigenvalue weighted by Gasteiger charge is -2.08. The number of fused-ring (bicyclic) bond motifs is 1. The Balaban J connectivity index is 2.06. The second kappa shape index (κ2) is 4.77. The molecule has 0 radical (unpaired) electrons. The molecule has 3 aromatic rings. The molecule has 1 heterocycles. The van der Waals surface area contributed by atoms with E-state index in [9.17, 15) is 18.3 Å². The number of phenolic OH excluding ortho intramolecular Hbond substituents is 1. The summed E-state index contributed by atoms with van der Waals surface area (Å²) in [5, 5.41) is 10.6. The summed E-state index contributed by atoms with van der Waals surface area (Å²) in [5.41, 5.74) is 0.802. The molecule has 0 amide bonds. The Labute approximate surface area is 118 Å². The maximum absolute atomic E-state index is 12.5. The summed E-state index contributed by atoms with van der Waals surface area (Å²) in [6, 6.07) is 13.3. The molecular formula is C16H10F3NO. The fourth-order valence-electron chi connectivity index (χ4n) is 2.12. The first-order chi connectivity index (χ1) is 9.95.